The number of carbonyl (C=O) groups excluding carboxylic acids is 1. The summed E-state index contributed by atoms with van der Waals surface area (Å²) in [7, 11) is 0. The first-order valence-electron chi connectivity index (χ1n) is 4.88. The summed E-state index contributed by atoms with van der Waals surface area (Å²) in [6.45, 7) is 5.31. The van der Waals surface area contributed by atoms with Crippen LogP contribution in [0.1, 0.15) is 19.8 Å². The van der Waals surface area contributed by atoms with Gasteiger partial charge in [0.05, 0.1) is 0 Å². The summed E-state index contributed by atoms with van der Waals surface area (Å²) in [6, 6.07) is 0. The molecule has 0 aromatic carbocycles. The van der Waals surface area contributed by atoms with Crippen LogP contribution in [0.2, 0.25) is 0 Å². The summed E-state index contributed by atoms with van der Waals surface area (Å²) in [5.41, 5.74) is 0. The minimum Gasteiger partial charge on any atom is -0.384 e. The minimum atomic E-state index is -0.890. The number of aliphatic hydroxyl groups excluding tert-OH is 1. The highest BCUT2D eigenvalue weighted by atomic mass is 16.3. The molecule has 0 radical (unpaired) electrons. The largest absolute Gasteiger partial charge is 0.384 e. The van der Waals surface area contributed by atoms with Gasteiger partial charge >= 0.3 is 0 Å². The minimum absolute atomic E-state index is 0.279. The molecule has 1 fully saturated rings. The maximum absolute atomic E-state index is 10.9. The van der Waals surface area contributed by atoms with Gasteiger partial charge in [0.2, 0.25) is 5.91 Å². The molecule has 0 bridgehead atoms. The number of rotatable bonds is 4. The lowest BCUT2D eigenvalue weighted by Gasteiger charge is -2.15. The lowest BCUT2D eigenvalue weighted by atomic mass is 10.4. The smallest absolute Gasteiger partial charge is 0.248 e. The quantitative estimate of drug-likeness (QED) is 0.627. The first-order valence-corrected chi connectivity index (χ1v) is 4.88. The van der Waals surface area contributed by atoms with Gasteiger partial charge in [-0.3, -0.25) is 4.79 Å². The molecule has 2 N–H and O–H groups in total. The van der Waals surface area contributed by atoms with Crippen molar-refractivity contribution in [2.24, 2.45) is 0 Å². The van der Waals surface area contributed by atoms with Gasteiger partial charge in [-0.05, 0) is 32.9 Å². The molecule has 1 saturated heterocycles. The highest BCUT2D eigenvalue weighted by Gasteiger charge is 2.12. The van der Waals surface area contributed by atoms with E-state index in [1.807, 2.05) is 0 Å². The van der Waals surface area contributed by atoms with Crippen molar-refractivity contribution in [3.63, 3.8) is 0 Å². The Balaban J connectivity index is 2.03. The predicted octanol–water partition coefficient (Wildman–Crippen LogP) is -0.421. The third-order valence-corrected chi connectivity index (χ3v) is 2.31. The van der Waals surface area contributed by atoms with Crippen molar-refractivity contribution >= 4 is 5.91 Å². The Morgan fingerprint density at radius 3 is 2.69 bits per heavy atom. The average Bonchev–Trinajstić information content (AvgIpc) is 2.56. The van der Waals surface area contributed by atoms with Crippen LogP contribution in [0.5, 0.6) is 0 Å². The van der Waals surface area contributed by atoms with Crippen LogP contribution in [0.15, 0.2) is 0 Å². The first-order chi connectivity index (χ1) is 6.20. The highest BCUT2D eigenvalue weighted by molar-refractivity contribution is 5.79. The van der Waals surface area contributed by atoms with Crippen molar-refractivity contribution in [1.29, 1.82) is 0 Å². The number of aliphatic hydroxyl groups is 1. The molecule has 1 unspecified atom stereocenters. The van der Waals surface area contributed by atoms with Crippen LogP contribution < -0.4 is 5.32 Å². The van der Waals surface area contributed by atoms with E-state index in [1.165, 1.54) is 19.8 Å². The molecule has 1 aliphatic heterocycles. The van der Waals surface area contributed by atoms with Crippen molar-refractivity contribution in [3.8, 4) is 0 Å². The standard InChI is InChI=1S/C9H18N2O2/c1-8(12)9(13)10-4-7-11-5-2-3-6-11/h8,12H,2-7H2,1H3,(H,10,13). The molecule has 1 heterocycles. The van der Waals surface area contributed by atoms with Crippen LogP contribution >= 0.6 is 0 Å². The lowest BCUT2D eigenvalue weighted by molar-refractivity contribution is -0.128. The Hall–Kier alpha value is -0.610. The molecule has 0 aromatic rings. The first kappa shape index (κ1) is 10.5. The molecule has 0 aromatic heterocycles. The van der Waals surface area contributed by atoms with Crippen LogP contribution in [0.3, 0.4) is 0 Å². The molecule has 13 heavy (non-hydrogen) atoms. The van der Waals surface area contributed by atoms with E-state index in [1.54, 1.807) is 0 Å². The van der Waals surface area contributed by atoms with Crippen LogP contribution in [0.4, 0.5) is 0 Å². The lowest BCUT2D eigenvalue weighted by Crippen LogP contribution is -2.38. The van der Waals surface area contributed by atoms with Gasteiger partial charge in [0.1, 0.15) is 6.10 Å². The molecular weight excluding hydrogens is 168 g/mol. The Bertz CT molecular complexity index is 165. The number of amides is 1. The van der Waals surface area contributed by atoms with Gasteiger partial charge in [-0.25, -0.2) is 0 Å². The van der Waals surface area contributed by atoms with E-state index in [4.69, 9.17) is 5.11 Å². The number of carbonyl (C=O) groups is 1. The maximum atomic E-state index is 10.9. The monoisotopic (exact) mass is 186 g/mol. The van der Waals surface area contributed by atoms with Gasteiger partial charge in [-0.2, -0.15) is 0 Å². The molecule has 1 atom stereocenters. The molecule has 1 rings (SSSR count). The van der Waals surface area contributed by atoms with E-state index in [0.717, 1.165) is 19.6 Å². The number of nitrogens with one attached hydrogen (secondary N) is 1. The van der Waals surface area contributed by atoms with Crippen molar-refractivity contribution in [3.05, 3.63) is 0 Å². The van der Waals surface area contributed by atoms with Crippen LogP contribution in [-0.2, 0) is 4.79 Å². The zero-order valence-electron chi connectivity index (χ0n) is 8.12. The predicted molar refractivity (Wildman–Crippen MR) is 50.4 cm³/mol. The van der Waals surface area contributed by atoms with E-state index in [-0.39, 0.29) is 5.91 Å². The number of hydrogen-bond donors (Lipinski definition) is 2. The molecule has 0 spiro atoms. The van der Waals surface area contributed by atoms with Crippen molar-refractivity contribution in [2.75, 3.05) is 26.2 Å². The maximum Gasteiger partial charge on any atom is 0.248 e. The summed E-state index contributed by atoms with van der Waals surface area (Å²) in [5.74, 6) is -0.279. The van der Waals surface area contributed by atoms with E-state index in [2.05, 4.69) is 10.2 Å². The fraction of sp³-hybridized carbons (Fsp3) is 0.889. The highest BCUT2D eigenvalue weighted by Crippen LogP contribution is 2.05. The van der Waals surface area contributed by atoms with E-state index < -0.39 is 6.10 Å². The third-order valence-electron chi connectivity index (χ3n) is 2.31. The molecular formula is C9H18N2O2. The van der Waals surface area contributed by atoms with Gasteiger partial charge in [-0.15, -0.1) is 0 Å². The number of nitrogens with zero attached hydrogens (tertiary/aromatic N) is 1. The molecule has 1 aliphatic rings. The van der Waals surface area contributed by atoms with Crippen LogP contribution in [0, 0.1) is 0 Å². The summed E-state index contributed by atoms with van der Waals surface area (Å²) in [5, 5.41) is 11.6. The summed E-state index contributed by atoms with van der Waals surface area (Å²) in [4.78, 5) is 13.3. The average molecular weight is 186 g/mol. The molecule has 1 amide bonds. The fourth-order valence-electron chi connectivity index (χ4n) is 1.49. The Labute approximate surface area is 78.9 Å². The van der Waals surface area contributed by atoms with E-state index >= 15 is 0 Å². The second-order valence-electron chi connectivity index (χ2n) is 3.52. The fourth-order valence-corrected chi connectivity index (χ4v) is 1.49. The Kier molecular flexibility index (Phi) is 4.18. The van der Waals surface area contributed by atoms with Gasteiger partial charge < -0.3 is 15.3 Å². The third kappa shape index (κ3) is 3.74. The Morgan fingerprint density at radius 2 is 2.15 bits per heavy atom. The SMILES string of the molecule is CC(O)C(=O)NCCN1CCCC1. The van der Waals surface area contributed by atoms with Crippen molar-refractivity contribution in [1.82, 2.24) is 10.2 Å². The zero-order valence-corrected chi connectivity index (χ0v) is 8.12. The van der Waals surface area contributed by atoms with Crippen LogP contribution in [0.25, 0.3) is 0 Å². The number of likely N-dealkylation sites (tertiary alicyclic amines) is 1. The second kappa shape index (κ2) is 5.19. The zero-order chi connectivity index (χ0) is 9.68. The van der Waals surface area contributed by atoms with Gasteiger partial charge in [0.25, 0.3) is 0 Å². The normalized spacial score (nSPS) is 20.2. The van der Waals surface area contributed by atoms with Gasteiger partial charge in [0, 0.05) is 13.1 Å². The molecule has 76 valence electrons. The van der Waals surface area contributed by atoms with Crippen LogP contribution in [-0.4, -0.2) is 48.2 Å². The van der Waals surface area contributed by atoms with Gasteiger partial charge in [0.15, 0.2) is 0 Å². The molecule has 0 saturated carbocycles. The summed E-state index contributed by atoms with van der Waals surface area (Å²) in [6.07, 6.45) is 1.65. The summed E-state index contributed by atoms with van der Waals surface area (Å²) < 4.78 is 0. The molecule has 0 aliphatic carbocycles. The summed E-state index contributed by atoms with van der Waals surface area (Å²) >= 11 is 0. The molecule has 4 nitrogen and oxygen atoms in total. The van der Waals surface area contributed by atoms with Crippen molar-refractivity contribution in [2.45, 2.75) is 25.9 Å². The van der Waals surface area contributed by atoms with E-state index in [0.29, 0.717) is 6.54 Å². The second-order valence-corrected chi connectivity index (χ2v) is 3.52. The van der Waals surface area contributed by atoms with Crippen molar-refractivity contribution < 1.29 is 9.90 Å². The van der Waals surface area contributed by atoms with Gasteiger partial charge in [-0.1, -0.05) is 0 Å². The Morgan fingerprint density at radius 1 is 1.54 bits per heavy atom. The number of hydrogen-bond acceptors (Lipinski definition) is 3. The van der Waals surface area contributed by atoms with E-state index in [9.17, 15) is 4.79 Å². The molecule has 4 heteroatoms. The topological polar surface area (TPSA) is 52.6 Å².